The lowest BCUT2D eigenvalue weighted by Crippen LogP contribution is -2.33. The van der Waals surface area contributed by atoms with Crippen molar-refractivity contribution in [3.05, 3.63) is 161 Å². The molecule has 45 heavy (non-hydrogen) atoms. The van der Waals surface area contributed by atoms with Crippen LogP contribution in [0.4, 0.5) is 11.4 Å². The third-order valence-electron chi connectivity index (χ3n) is 7.42. The molecule has 0 fully saturated rings. The number of nitrogens with zero attached hydrogens (tertiary/aromatic N) is 1. The maximum Gasteiger partial charge on any atom is 0.328 e. The second kappa shape index (κ2) is 15.6. The average molecular weight is 619 g/mol. The first kappa shape index (κ1) is 31.4. The molecular weight excluding hydrogens is 584 g/mol. The van der Waals surface area contributed by atoms with Crippen LogP contribution in [0.25, 0.3) is 0 Å². The largest absolute Gasteiger partial charge is 0.492 e. The fourth-order valence-electron chi connectivity index (χ4n) is 5.06. The van der Waals surface area contributed by atoms with Crippen molar-refractivity contribution in [1.29, 1.82) is 0 Å². The van der Waals surface area contributed by atoms with Gasteiger partial charge >= 0.3 is 5.97 Å². The number of hydrogen-bond acceptors (Lipinski definition) is 6. The van der Waals surface area contributed by atoms with Gasteiger partial charge in [0.1, 0.15) is 18.4 Å². The van der Waals surface area contributed by atoms with Crippen molar-refractivity contribution in [2.75, 3.05) is 30.5 Å². The first-order chi connectivity index (χ1) is 22.0. The molecule has 1 atom stereocenters. The van der Waals surface area contributed by atoms with Crippen LogP contribution in [-0.2, 0) is 22.5 Å². The molecule has 0 bridgehead atoms. The molecule has 5 aromatic rings. The van der Waals surface area contributed by atoms with E-state index in [0.717, 1.165) is 23.5 Å². The molecular formula is C38H35ClN2O4. The molecule has 0 unspecified atom stereocenters. The molecule has 0 aliphatic carbocycles. The predicted molar refractivity (Wildman–Crippen MR) is 180 cm³/mol. The minimum Gasteiger partial charge on any atom is -0.492 e. The van der Waals surface area contributed by atoms with Crippen LogP contribution in [0, 0.1) is 0 Å². The molecule has 228 valence electrons. The summed E-state index contributed by atoms with van der Waals surface area (Å²) in [5, 5.41) is 3.96. The molecule has 0 aromatic heterocycles. The van der Waals surface area contributed by atoms with Gasteiger partial charge in [0, 0.05) is 40.5 Å². The van der Waals surface area contributed by atoms with Crippen LogP contribution >= 0.6 is 11.6 Å². The Hall–Kier alpha value is -5.07. The van der Waals surface area contributed by atoms with Gasteiger partial charge in [-0.05, 0) is 59.7 Å². The van der Waals surface area contributed by atoms with Crippen LogP contribution in [0.5, 0.6) is 5.75 Å². The minimum atomic E-state index is -0.697. The Morgan fingerprint density at radius 3 is 2.09 bits per heavy atom. The summed E-state index contributed by atoms with van der Waals surface area (Å²) in [6.07, 6.45) is 0.363. The van der Waals surface area contributed by atoms with Gasteiger partial charge in [-0.15, -0.1) is 0 Å². The van der Waals surface area contributed by atoms with Crippen LogP contribution in [0.15, 0.2) is 133 Å². The van der Waals surface area contributed by atoms with E-state index in [1.807, 2.05) is 97.1 Å². The lowest BCUT2D eigenvalue weighted by molar-refractivity contribution is -0.141. The lowest BCUT2D eigenvalue weighted by atomic mass is 10.00. The third-order valence-corrected chi connectivity index (χ3v) is 7.68. The standard InChI is InChI=1S/C38H35ClN2O4/c1-44-38(43)36(40-35-15-9-8-14-34(35)37(42)30-12-6-3-7-13-30)26-28-16-22-33(23-17-28)45-25-24-41(27-29-10-4-2-5-11-29)32-20-18-31(39)19-21-32/h2-23,36,40H,24-27H2,1H3/t36-/m0/s1. The van der Waals surface area contributed by atoms with Gasteiger partial charge in [0.25, 0.3) is 0 Å². The normalized spacial score (nSPS) is 11.3. The van der Waals surface area contributed by atoms with Gasteiger partial charge < -0.3 is 19.7 Å². The van der Waals surface area contributed by atoms with E-state index < -0.39 is 12.0 Å². The zero-order chi connectivity index (χ0) is 31.4. The van der Waals surface area contributed by atoms with Crippen molar-refractivity contribution in [3.8, 4) is 5.75 Å². The molecule has 5 rings (SSSR count). The highest BCUT2D eigenvalue weighted by atomic mass is 35.5. The zero-order valence-electron chi connectivity index (χ0n) is 25.1. The van der Waals surface area contributed by atoms with Gasteiger partial charge in [-0.2, -0.15) is 0 Å². The number of esters is 1. The van der Waals surface area contributed by atoms with E-state index in [-0.39, 0.29) is 5.78 Å². The number of methoxy groups -OCH3 is 1. The van der Waals surface area contributed by atoms with Crippen LogP contribution in [0.2, 0.25) is 5.02 Å². The minimum absolute atomic E-state index is 0.123. The summed E-state index contributed by atoms with van der Waals surface area (Å²) in [6, 6.07) is 41.4. The molecule has 0 saturated carbocycles. The number of hydrogen-bond donors (Lipinski definition) is 1. The van der Waals surface area contributed by atoms with E-state index in [0.29, 0.717) is 41.4 Å². The summed E-state index contributed by atoms with van der Waals surface area (Å²) in [5.74, 6) is 0.191. The molecule has 0 aliphatic heterocycles. The summed E-state index contributed by atoms with van der Waals surface area (Å²) in [7, 11) is 1.36. The summed E-state index contributed by atoms with van der Waals surface area (Å²) in [5.41, 5.74) is 4.83. The molecule has 0 amide bonds. The molecule has 0 radical (unpaired) electrons. The second-order valence-electron chi connectivity index (χ2n) is 10.5. The van der Waals surface area contributed by atoms with E-state index >= 15 is 0 Å². The fourth-order valence-corrected chi connectivity index (χ4v) is 5.19. The maximum atomic E-state index is 13.2. The number of anilines is 2. The van der Waals surface area contributed by atoms with E-state index in [1.54, 1.807) is 24.3 Å². The van der Waals surface area contributed by atoms with Crippen molar-refractivity contribution in [2.24, 2.45) is 0 Å². The van der Waals surface area contributed by atoms with Crippen LogP contribution in [-0.4, -0.2) is 38.1 Å². The number of ether oxygens (including phenoxy) is 2. The highest BCUT2D eigenvalue weighted by Crippen LogP contribution is 2.23. The van der Waals surface area contributed by atoms with E-state index in [9.17, 15) is 9.59 Å². The first-order valence-corrected chi connectivity index (χ1v) is 15.2. The average Bonchev–Trinajstić information content (AvgIpc) is 3.09. The second-order valence-corrected chi connectivity index (χ2v) is 11.0. The number of carbonyl (C=O) groups excluding carboxylic acids is 2. The molecule has 5 aromatic carbocycles. The Bertz CT molecular complexity index is 1680. The van der Waals surface area contributed by atoms with Gasteiger partial charge in [-0.1, -0.05) is 96.5 Å². The molecule has 0 aliphatic rings. The highest BCUT2D eigenvalue weighted by molar-refractivity contribution is 6.30. The monoisotopic (exact) mass is 618 g/mol. The molecule has 7 heteroatoms. The summed E-state index contributed by atoms with van der Waals surface area (Å²) < 4.78 is 11.2. The van der Waals surface area contributed by atoms with Crippen LogP contribution in [0.1, 0.15) is 27.0 Å². The Kier molecular flexibility index (Phi) is 10.9. The van der Waals surface area contributed by atoms with Gasteiger partial charge in [-0.25, -0.2) is 4.79 Å². The maximum absolute atomic E-state index is 13.2. The quantitative estimate of drug-likeness (QED) is 0.101. The Labute approximate surface area is 269 Å². The first-order valence-electron chi connectivity index (χ1n) is 14.8. The Balaban J connectivity index is 1.22. The number of carbonyl (C=O) groups is 2. The third kappa shape index (κ3) is 8.74. The van der Waals surface area contributed by atoms with Crippen molar-refractivity contribution >= 4 is 34.7 Å². The fraction of sp³-hybridized carbons (Fsp3) is 0.158. The molecule has 0 heterocycles. The Morgan fingerprint density at radius 1 is 0.756 bits per heavy atom. The number of para-hydroxylation sites is 1. The van der Waals surface area contributed by atoms with Gasteiger partial charge in [0.15, 0.2) is 5.78 Å². The number of halogens is 1. The molecule has 6 nitrogen and oxygen atoms in total. The highest BCUT2D eigenvalue weighted by Gasteiger charge is 2.22. The van der Waals surface area contributed by atoms with E-state index in [1.165, 1.54) is 12.7 Å². The van der Waals surface area contributed by atoms with Crippen molar-refractivity contribution in [2.45, 2.75) is 19.0 Å². The van der Waals surface area contributed by atoms with Gasteiger partial charge in [0.2, 0.25) is 0 Å². The van der Waals surface area contributed by atoms with Crippen molar-refractivity contribution < 1.29 is 19.1 Å². The van der Waals surface area contributed by atoms with Crippen LogP contribution < -0.4 is 15.0 Å². The molecule has 1 N–H and O–H groups in total. The van der Waals surface area contributed by atoms with Crippen LogP contribution in [0.3, 0.4) is 0 Å². The van der Waals surface area contributed by atoms with Crippen molar-refractivity contribution in [1.82, 2.24) is 0 Å². The van der Waals surface area contributed by atoms with E-state index in [2.05, 4.69) is 22.3 Å². The Morgan fingerprint density at radius 2 is 1.40 bits per heavy atom. The summed E-state index contributed by atoms with van der Waals surface area (Å²) >= 11 is 6.13. The molecule has 0 spiro atoms. The summed E-state index contributed by atoms with van der Waals surface area (Å²) in [4.78, 5) is 28.3. The molecule has 0 saturated heterocycles. The van der Waals surface area contributed by atoms with Gasteiger partial charge in [-0.3, -0.25) is 4.79 Å². The number of nitrogens with one attached hydrogen (secondary N) is 1. The van der Waals surface area contributed by atoms with Gasteiger partial charge in [0.05, 0.1) is 13.7 Å². The predicted octanol–water partition coefficient (Wildman–Crippen LogP) is 7.85. The van der Waals surface area contributed by atoms with E-state index in [4.69, 9.17) is 21.1 Å². The summed E-state index contributed by atoms with van der Waals surface area (Å²) in [6.45, 7) is 1.90. The zero-order valence-corrected chi connectivity index (χ0v) is 25.8. The SMILES string of the molecule is COC(=O)[C@H](Cc1ccc(OCCN(Cc2ccccc2)c2ccc(Cl)cc2)cc1)Nc1ccccc1C(=O)c1ccccc1. The van der Waals surface area contributed by atoms with Crippen molar-refractivity contribution in [3.63, 3.8) is 0 Å². The topological polar surface area (TPSA) is 67.9 Å². The number of benzene rings is 5. The number of rotatable bonds is 14. The smallest absolute Gasteiger partial charge is 0.328 e. The number of ketones is 1. The lowest BCUT2D eigenvalue weighted by Gasteiger charge is -2.25.